The van der Waals surface area contributed by atoms with Gasteiger partial charge in [0.25, 0.3) is 0 Å². The lowest BCUT2D eigenvalue weighted by atomic mass is 10.1. The molecular weight excluding hydrogens is 306 g/mol. The maximum Gasteiger partial charge on any atom is 0.314 e. The van der Waals surface area contributed by atoms with Crippen LogP contribution in [-0.4, -0.2) is 63.5 Å². The van der Waals surface area contributed by atoms with E-state index in [9.17, 15) is 4.79 Å². The summed E-state index contributed by atoms with van der Waals surface area (Å²) in [4.78, 5) is 14.0. The summed E-state index contributed by atoms with van der Waals surface area (Å²) in [5.74, 6) is 0.882. The van der Waals surface area contributed by atoms with Crippen LogP contribution in [0.4, 0.5) is 4.79 Å². The molecule has 1 aromatic carbocycles. The lowest BCUT2D eigenvalue weighted by Gasteiger charge is -2.26. The molecule has 1 aliphatic rings. The summed E-state index contributed by atoms with van der Waals surface area (Å²) in [6, 6.07) is 4.02. The molecule has 0 bridgehead atoms. The van der Waals surface area contributed by atoms with E-state index in [0.29, 0.717) is 19.7 Å². The molecule has 1 heterocycles. The number of hydrogen-bond donors (Lipinski definition) is 2. The summed E-state index contributed by atoms with van der Waals surface area (Å²) in [5.41, 5.74) is 3.59. The Labute approximate surface area is 144 Å². The van der Waals surface area contributed by atoms with E-state index < -0.39 is 0 Å². The van der Waals surface area contributed by atoms with Gasteiger partial charge in [-0.3, -0.25) is 4.90 Å². The molecule has 134 valence electrons. The van der Waals surface area contributed by atoms with Gasteiger partial charge < -0.3 is 20.1 Å². The Morgan fingerprint density at radius 3 is 2.50 bits per heavy atom. The number of carbonyl (C=O) groups is 1. The molecule has 0 spiro atoms. The average Bonchev–Trinajstić information content (AvgIpc) is 2.57. The third-order valence-corrected chi connectivity index (χ3v) is 4.25. The number of ether oxygens (including phenoxy) is 2. The highest BCUT2D eigenvalue weighted by molar-refractivity contribution is 5.73. The lowest BCUT2D eigenvalue weighted by Crippen LogP contribution is -2.44. The zero-order valence-electron chi connectivity index (χ0n) is 15.0. The Hall–Kier alpha value is -1.79. The Bertz CT molecular complexity index is 543. The molecule has 1 fully saturated rings. The summed E-state index contributed by atoms with van der Waals surface area (Å²) in [6.07, 6.45) is 0. The molecule has 1 aliphatic heterocycles. The Morgan fingerprint density at radius 1 is 1.08 bits per heavy atom. The molecular formula is C18H29N3O3. The summed E-state index contributed by atoms with van der Waals surface area (Å²) in [7, 11) is 0. The van der Waals surface area contributed by atoms with Gasteiger partial charge in [-0.25, -0.2) is 4.79 Å². The first kappa shape index (κ1) is 18.5. The minimum atomic E-state index is -0.149. The number of hydrogen-bond acceptors (Lipinski definition) is 4. The van der Waals surface area contributed by atoms with Gasteiger partial charge in [0.2, 0.25) is 0 Å². The van der Waals surface area contributed by atoms with Crippen LogP contribution in [0.1, 0.15) is 16.7 Å². The van der Waals surface area contributed by atoms with Crippen LogP contribution in [0.5, 0.6) is 5.75 Å². The summed E-state index contributed by atoms with van der Waals surface area (Å²) >= 11 is 0. The van der Waals surface area contributed by atoms with E-state index in [1.54, 1.807) is 0 Å². The second kappa shape index (κ2) is 9.49. The lowest BCUT2D eigenvalue weighted by molar-refractivity contribution is 0.0387. The van der Waals surface area contributed by atoms with Crippen LogP contribution in [-0.2, 0) is 4.74 Å². The quantitative estimate of drug-likeness (QED) is 0.744. The number of carbonyl (C=O) groups excluding carboxylic acids is 1. The summed E-state index contributed by atoms with van der Waals surface area (Å²) in [5, 5.41) is 5.69. The van der Waals surface area contributed by atoms with Crippen LogP contribution in [0.3, 0.4) is 0 Å². The van der Waals surface area contributed by atoms with E-state index in [-0.39, 0.29) is 6.03 Å². The van der Waals surface area contributed by atoms with Gasteiger partial charge in [0.15, 0.2) is 0 Å². The van der Waals surface area contributed by atoms with Crippen molar-refractivity contribution in [3.05, 3.63) is 28.8 Å². The van der Waals surface area contributed by atoms with Gasteiger partial charge in [0, 0.05) is 26.2 Å². The van der Waals surface area contributed by atoms with Crippen molar-refractivity contribution < 1.29 is 14.3 Å². The first-order valence-corrected chi connectivity index (χ1v) is 8.58. The predicted octanol–water partition coefficient (Wildman–Crippen LogP) is 1.62. The van der Waals surface area contributed by atoms with Gasteiger partial charge in [0.1, 0.15) is 12.4 Å². The molecule has 2 N–H and O–H groups in total. The molecule has 1 saturated heterocycles. The smallest absolute Gasteiger partial charge is 0.314 e. The van der Waals surface area contributed by atoms with Crippen molar-refractivity contribution >= 4 is 6.03 Å². The molecule has 0 radical (unpaired) electrons. The van der Waals surface area contributed by atoms with E-state index in [1.165, 1.54) is 11.1 Å². The van der Waals surface area contributed by atoms with Gasteiger partial charge in [0.05, 0.1) is 19.8 Å². The van der Waals surface area contributed by atoms with Gasteiger partial charge in [-0.05, 0) is 43.5 Å². The van der Waals surface area contributed by atoms with E-state index >= 15 is 0 Å². The largest absolute Gasteiger partial charge is 0.491 e. The highest BCUT2D eigenvalue weighted by atomic mass is 16.5. The Morgan fingerprint density at radius 2 is 1.75 bits per heavy atom. The first-order valence-electron chi connectivity index (χ1n) is 8.58. The van der Waals surface area contributed by atoms with Crippen molar-refractivity contribution in [2.24, 2.45) is 0 Å². The van der Waals surface area contributed by atoms with Crippen molar-refractivity contribution in [2.45, 2.75) is 20.8 Å². The number of morpholine rings is 1. The number of amides is 2. The number of aryl methyl sites for hydroxylation is 3. The molecule has 0 aromatic heterocycles. The van der Waals surface area contributed by atoms with Crippen LogP contribution >= 0.6 is 0 Å². The molecule has 1 aromatic rings. The van der Waals surface area contributed by atoms with Gasteiger partial charge >= 0.3 is 6.03 Å². The zero-order chi connectivity index (χ0) is 17.4. The number of nitrogens with one attached hydrogen (secondary N) is 2. The van der Waals surface area contributed by atoms with Crippen molar-refractivity contribution in [1.29, 1.82) is 0 Å². The SMILES string of the molecule is Cc1cc(C)c(OCCNC(=O)NCCN2CCOCC2)cc1C. The maximum atomic E-state index is 11.7. The standard InChI is InChI=1S/C18H29N3O3/c1-14-12-16(3)17(13-15(14)2)24-9-5-20-18(22)19-4-6-21-7-10-23-11-8-21/h12-13H,4-11H2,1-3H3,(H2,19,20,22). The van der Waals surface area contributed by atoms with E-state index in [2.05, 4.69) is 35.4 Å². The molecule has 0 saturated carbocycles. The molecule has 0 unspecified atom stereocenters. The normalized spacial score (nSPS) is 15.1. The molecule has 0 atom stereocenters. The van der Waals surface area contributed by atoms with Crippen LogP contribution in [0.2, 0.25) is 0 Å². The van der Waals surface area contributed by atoms with E-state index in [4.69, 9.17) is 9.47 Å². The fraction of sp³-hybridized carbons (Fsp3) is 0.611. The summed E-state index contributed by atoms with van der Waals surface area (Å²) < 4.78 is 11.1. The highest BCUT2D eigenvalue weighted by Crippen LogP contribution is 2.22. The minimum absolute atomic E-state index is 0.149. The van der Waals surface area contributed by atoms with Crippen LogP contribution in [0.25, 0.3) is 0 Å². The zero-order valence-corrected chi connectivity index (χ0v) is 15.0. The molecule has 24 heavy (non-hydrogen) atoms. The third-order valence-electron chi connectivity index (χ3n) is 4.25. The monoisotopic (exact) mass is 335 g/mol. The second-order valence-corrected chi connectivity index (χ2v) is 6.19. The predicted molar refractivity (Wildman–Crippen MR) is 94.8 cm³/mol. The molecule has 2 rings (SSSR count). The maximum absolute atomic E-state index is 11.7. The minimum Gasteiger partial charge on any atom is -0.491 e. The second-order valence-electron chi connectivity index (χ2n) is 6.19. The number of rotatable bonds is 7. The molecule has 6 nitrogen and oxygen atoms in total. The summed E-state index contributed by atoms with van der Waals surface area (Å²) in [6.45, 7) is 12.1. The van der Waals surface area contributed by atoms with Gasteiger partial charge in [-0.15, -0.1) is 0 Å². The van der Waals surface area contributed by atoms with Crippen molar-refractivity contribution in [3.63, 3.8) is 0 Å². The topological polar surface area (TPSA) is 62.8 Å². The number of urea groups is 1. The molecule has 0 aliphatic carbocycles. The fourth-order valence-electron chi connectivity index (χ4n) is 2.63. The van der Waals surface area contributed by atoms with E-state index in [1.807, 2.05) is 13.0 Å². The first-order chi connectivity index (χ1) is 11.6. The fourth-order valence-corrected chi connectivity index (χ4v) is 2.63. The molecule has 2 amide bonds. The van der Waals surface area contributed by atoms with Crippen molar-refractivity contribution in [2.75, 3.05) is 52.5 Å². The Kier molecular flexibility index (Phi) is 7.34. The van der Waals surface area contributed by atoms with E-state index in [0.717, 1.165) is 44.2 Å². The number of benzene rings is 1. The third kappa shape index (κ3) is 6.02. The molecule has 6 heteroatoms. The van der Waals surface area contributed by atoms with Crippen LogP contribution in [0.15, 0.2) is 12.1 Å². The van der Waals surface area contributed by atoms with Gasteiger partial charge in [-0.1, -0.05) is 6.07 Å². The van der Waals surface area contributed by atoms with Crippen LogP contribution in [0, 0.1) is 20.8 Å². The van der Waals surface area contributed by atoms with Crippen molar-refractivity contribution in [3.8, 4) is 5.75 Å². The Balaban J connectivity index is 1.58. The van der Waals surface area contributed by atoms with Crippen molar-refractivity contribution in [1.82, 2.24) is 15.5 Å². The van der Waals surface area contributed by atoms with Crippen LogP contribution < -0.4 is 15.4 Å². The highest BCUT2D eigenvalue weighted by Gasteiger charge is 2.10. The van der Waals surface area contributed by atoms with Gasteiger partial charge in [-0.2, -0.15) is 0 Å². The average molecular weight is 335 g/mol. The number of nitrogens with zero attached hydrogens (tertiary/aromatic N) is 1.